The van der Waals surface area contributed by atoms with E-state index >= 15 is 0 Å². The normalized spacial score (nSPS) is 15.6. The van der Waals surface area contributed by atoms with E-state index in [4.69, 9.17) is 10.5 Å². The average Bonchev–Trinajstić information content (AvgIpc) is 3.19. The summed E-state index contributed by atoms with van der Waals surface area (Å²) in [6.45, 7) is 2.90. The van der Waals surface area contributed by atoms with Gasteiger partial charge in [-0.15, -0.1) is 0 Å². The molecule has 4 rings (SSSR count). The van der Waals surface area contributed by atoms with E-state index in [2.05, 4.69) is 34.3 Å². The molecule has 2 heterocycles. The van der Waals surface area contributed by atoms with Gasteiger partial charge in [0, 0.05) is 32.0 Å². The molecule has 29 heavy (non-hydrogen) atoms. The van der Waals surface area contributed by atoms with Crippen LogP contribution in [-0.2, 0) is 24.3 Å². The highest BCUT2D eigenvalue weighted by Gasteiger charge is 2.47. The van der Waals surface area contributed by atoms with Crippen LogP contribution < -0.4 is 10.5 Å². The molecule has 2 N–H and O–H groups in total. The van der Waals surface area contributed by atoms with Crippen molar-refractivity contribution in [2.24, 2.45) is 11.1 Å². The van der Waals surface area contributed by atoms with E-state index in [0.717, 1.165) is 24.4 Å². The summed E-state index contributed by atoms with van der Waals surface area (Å²) in [5.74, 6) is 0.566. The van der Waals surface area contributed by atoms with Crippen LogP contribution in [0.1, 0.15) is 16.7 Å². The standard InChI is InChI=1S/C23H26N4O2/c1-29-21-8-3-5-18(12-21)13-23(22(24)28)16-26(17-23)14-19-6-2-7-20(11-19)15-27-10-4-9-25-27/h2-12H,13-17H2,1H3,(H2,24,28). The molecule has 0 aliphatic carbocycles. The van der Waals surface area contributed by atoms with Crippen LogP contribution in [0.15, 0.2) is 67.0 Å². The third-order valence-electron chi connectivity index (χ3n) is 5.55. The van der Waals surface area contributed by atoms with Gasteiger partial charge in [0.25, 0.3) is 0 Å². The van der Waals surface area contributed by atoms with Gasteiger partial charge < -0.3 is 10.5 Å². The second-order valence-electron chi connectivity index (χ2n) is 7.84. The molecule has 0 unspecified atom stereocenters. The molecule has 1 saturated heterocycles. The molecule has 150 valence electrons. The first-order chi connectivity index (χ1) is 14.1. The van der Waals surface area contributed by atoms with Gasteiger partial charge in [0.2, 0.25) is 5.91 Å². The summed E-state index contributed by atoms with van der Waals surface area (Å²) in [7, 11) is 1.65. The molecule has 6 nitrogen and oxygen atoms in total. The fraction of sp³-hybridized carbons (Fsp3) is 0.304. The second-order valence-corrected chi connectivity index (χ2v) is 7.84. The van der Waals surface area contributed by atoms with Crippen molar-refractivity contribution in [1.82, 2.24) is 14.7 Å². The maximum absolute atomic E-state index is 12.2. The SMILES string of the molecule is COc1cccc(CC2(C(N)=O)CN(Cc3cccc(Cn4cccn4)c3)C2)c1. The van der Waals surface area contributed by atoms with Gasteiger partial charge >= 0.3 is 0 Å². The summed E-state index contributed by atoms with van der Waals surface area (Å²) in [5, 5.41) is 4.27. The number of hydrogen-bond donors (Lipinski definition) is 1. The Bertz CT molecular complexity index is 978. The molecule has 1 amide bonds. The van der Waals surface area contributed by atoms with E-state index in [9.17, 15) is 4.79 Å². The summed E-state index contributed by atoms with van der Waals surface area (Å²) in [4.78, 5) is 14.5. The first-order valence-electron chi connectivity index (χ1n) is 9.77. The zero-order valence-electron chi connectivity index (χ0n) is 16.6. The summed E-state index contributed by atoms with van der Waals surface area (Å²) in [6, 6.07) is 18.3. The monoisotopic (exact) mass is 390 g/mol. The van der Waals surface area contributed by atoms with Crippen LogP contribution in [0.25, 0.3) is 0 Å². The van der Waals surface area contributed by atoms with Crippen molar-refractivity contribution >= 4 is 5.91 Å². The summed E-state index contributed by atoms with van der Waals surface area (Å²) in [5.41, 5.74) is 8.80. The van der Waals surface area contributed by atoms with Crippen molar-refractivity contribution in [3.8, 4) is 5.75 Å². The Morgan fingerprint density at radius 1 is 1.07 bits per heavy atom. The van der Waals surface area contributed by atoms with Gasteiger partial charge in [-0.3, -0.25) is 14.4 Å². The highest BCUT2D eigenvalue weighted by atomic mass is 16.5. The van der Waals surface area contributed by atoms with Gasteiger partial charge in [0.15, 0.2) is 0 Å². The minimum atomic E-state index is -0.515. The van der Waals surface area contributed by atoms with Crippen LogP contribution in [-0.4, -0.2) is 40.8 Å². The zero-order chi connectivity index (χ0) is 20.3. The third kappa shape index (κ3) is 4.32. The molecular weight excluding hydrogens is 364 g/mol. The number of methoxy groups -OCH3 is 1. The number of aromatic nitrogens is 2. The molecule has 2 aromatic carbocycles. The Hall–Kier alpha value is -3.12. The molecule has 0 atom stereocenters. The number of benzene rings is 2. The average molecular weight is 390 g/mol. The van der Waals surface area contributed by atoms with Crippen molar-refractivity contribution in [2.75, 3.05) is 20.2 Å². The molecule has 6 heteroatoms. The molecule has 1 fully saturated rings. The molecular formula is C23H26N4O2. The minimum Gasteiger partial charge on any atom is -0.497 e. The topological polar surface area (TPSA) is 73.4 Å². The number of rotatable bonds is 8. The van der Waals surface area contributed by atoms with Gasteiger partial charge in [-0.25, -0.2) is 0 Å². The highest BCUT2D eigenvalue weighted by molar-refractivity contribution is 5.83. The number of likely N-dealkylation sites (tertiary alicyclic amines) is 1. The van der Waals surface area contributed by atoms with Crippen molar-refractivity contribution in [3.05, 3.63) is 83.7 Å². The number of primary amides is 1. The van der Waals surface area contributed by atoms with Crippen molar-refractivity contribution in [2.45, 2.75) is 19.5 Å². The second kappa shape index (κ2) is 8.09. The molecule has 0 bridgehead atoms. The highest BCUT2D eigenvalue weighted by Crippen LogP contribution is 2.35. The van der Waals surface area contributed by atoms with Gasteiger partial charge in [0.05, 0.1) is 19.1 Å². The Morgan fingerprint density at radius 2 is 1.79 bits per heavy atom. The van der Waals surface area contributed by atoms with E-state index in [1.54, 1.807) is 13.3 Å². The van der Waals surface area contributed by atoms with Crippen LogP contribution >= 0.6 is 0 Å². The maximum atomic E-state index is 12.2. The lowest BCUT2D eigenvalue weighted by molar-refractivity contribution is -0.138. The first kappa shape index (κ1) is 19.2. The van der Waals surface area contributed by atoms with Crippen LogP contribution in [0, 0.1) is 5.41 Å². The van der Waals surface area contributed by atoms with Crippen LogP contribution in [0.2, 0.25) is 0 Å². The Kier molecular flexibility index (Phi) is 5.36. The number of carbonyl (C=O) groups is 1. The molecule has 1 aliphatic rings. The van der Waals surface area contributed by atoms with Crippen molar-refractivity contribution < 1.29 is 9.53 Å². The minimum absolute atomic E-state index is 0.232. The Labute approximate surface area is 170 Å². The number of nitrogens with two attached hydrogens (primary N) is 1. The van der Waals surface area contributed by atoms with Gasteiger partial charge in [-0.05, 0) is 41.3 Å². The summed E-state index contributed by atoms with van der Waals surface area (Å²) < 4.78 is 7.21. The zero-order valence-corrected chi connectivity index (χ0v) is 16.6. The molecule has 0 saturated carbocycles. The Balaban J connectivity index is 1.40. The van der Waals surface area contributed by atoms with Crippen molar-refractivity contribution in [1.29, 1.82) is 0 Å². The van der Waals surface area contributed by atoms with E-state index in [1.807, 2.05) is 41.2 Å². The van der Waals surface area contributed by atoms with E-state index < -0.39 is 5.41 Å². The number of hydrogen-bond acceptors (Lipinski definition) is 4. The molecule has 0 radical (unpaired) electrons. The lowest BCUT2D eigenvalue weighted by Gasteiger charge is -2.48. The van der Waals surface area contributed by atoms with Gasteiger partial charge in [-0.1, -0.05) is 36.4 Å². The summed E-state index contributed by atoms with van der Waals surface area (Å²) >= 11 is 0. The Morgan fingerprint density at radius 3 is 2.48 bits per heavy atom. The largest absolute Gasteiger partial charge is 0.497 e. The first-order valence-corrected chi connectivity index (χ1v) is 9.77. The van der Waals surface area contributed by atoms with E-state index in [-0.39, 0.29) is 5.91 Å². The summed E-state index contributed by atoms with van der Waals surface area (Å²) in [6.07, 6.45) is 4.38. The van der Waals surface area contributed by atoms with Gasteiger partial charge in [0.1, 0.15) is 5.75 Å². The lowest BCUT2D eigenvalue weighted by Crippen LogP contribution is -2.62. The molecule has 3 aromatic rings. The fourth-order valence-electron chi connectivity index (χ4n) is 4.12. The predicted octanol–water partition coefficient (Wildman–Crippen LogP) is 2.47. The maximum Gasteiger partial charge on any atom is 0.226 e. The third-order valence-corrected chi connectivity index (χ3v) is 5.55. The fourth-order valence-corrected chi connectivity index (χ4v) is 4.12. The van der Waals surface area contributed by atoms with E-state index in [0.29, 0.717) is 19.5 Å². The van der Waals surface area contributed by atoms with Crippen LogP contribution in [0.4, 0.5) is 0 Å². The van der Waals surface area contributed by atoms with Crippen LogP contribution in [0.5, 0.6) is 5.75 Å². The molecule has 1 aromatic heterocycles. The molecule has 1 aliphatic heterocycles. The lowest BCUT2D eigenvalue weighted by atomic mass is 9.74. The number of amides is 1. The van der Waals surface area contributed by atoms with Crippen molar-refractivity contribution in [3.63, 3.8) is 0 Å². The quantitative estimate of drug-likeness (QED) is 0.641. The molecule has 0 spiro atoms. The van der Waals surface area contributed by atoms with Gasteiger partial charge in [-0.2, -0.15) is 5.10 Å². The number of ether oxygens (including phenoxy) is 1. The number of nitrogens with zero attached hydrogens (tertiary/aromatic N) is 3. The van der Waals surface area contributed by atoms with E-state index in [1.165, 1.54) is 11.1 Å². The smallest absolute Gasteiger partial charge is 0.226 e. The number of carbonyl (C=O) groups excluding carboxylic acids is 1. The predicted molar refractivity (Wildman–Crippen MR) is 111 cm³/mol. The van der Waals surface area contributed by atoms with Crippen LogP contribution in [0.3, 0.4) is 0 Å².